The summed E-state index contributed by atoms with van der Waals surface area (Å²) in [7, 11) is 1.36. The van der Waals surface area contributed by atoms with Crippen molar-refractivity contribution in [3.63, 3.8) is 0 Å². The molecule has 0 spiro atoms. The first-order valence-electron chi connectivity index (χ1n) is 9.27. The van der Waals surface area contributed by atoms with Gasteiger partial charge in [0.15, 0.2) is 0 Å². The Hall–Kier alpha value is -3.40. The first kappa shape index (κ1) is 18.0. The lowest BCUT2D eigenvalue weighted by Gasteiger charge is -2.33. The van der Waals surface area contributed by atoms with Gasteiger partial charge in [0.1, 0.15) is 6.04 Å². The van der Waals surface area contributed by atoms with Crippen LogP contribution in [0.1, 0.15) is 22.7 Å². The van der Waals surface area contributed by atoms with Gasteiger partial charge in [-0.25, -0.2) is 4.79 Å². The van der Waals surface area contributed by atoms with Crippen molar-refractivity contribution in [1.29, 1.82) is 0 Å². The second-order valence-electron chi connectivity index (χ2n) is 6.86. The molecule has 0 bridgehead atoms. The summed E-state index contributed by atoms with van der Waals surface area (Å²) in [6, 6.07) is 24.7. The summed E-state index contributed by atoms with van der Waals surface area (Å²) in [4.78, 5) is 26.6. The van der Waals surface area contributed by atoms with Gasteiger partial charge in [0.25, 0.3) is 0 Å². The van der Waals surface area contributed by atoms with Crippen LogP contribution in [0.2, 0.25) is 0 Å². The standard InChI is InChI=1S/C24H21NO3/c1-28-24(27)22(15-17-9-3-2-4-10-17)25(16-26)23-20-13-7-5-11-18(20)19-12-6-8-14-21(19)23/h2-14,16,22-23H,15H2,1H3/t22-/m1/s1. The molecule has 0 fully saturated rings. The molecule has 0 unspecified atom stereocenters. The molecule has 0 heterocycles. The highest BCUT2D eigenvalue weighted by atomic mass is 16.5. The minimum absolute atomic E-state index is 0.322. The molecule has 4 rings (SSSR count). The number of methoxy groups -OCH3 is 1. The van der Waals surface area contributed by atoms with Gasteiger partial charge in [-0.15, -0.1) is 0 Å². The fourth-order valence-electron chi connectivity index (χ4n) is 4.05. The summed E-state index contributed by atoms with van der Waals surface area (Å²) >= 11 is 0. The van der Waals surface area contributed by atoms with Crippen LogP contribution in [-0.2, 0) is 20.7 Å². The van der Waals surface area contributed by atoms with Crippen LogP contribution in [-0.4, -0.2) is 30.4 Å². The Bertz CT molecular complexity index is 954. The number of rotatable bonds is 6. The van der Waals surface area contributed by atoms with Gasteiger partial charge in [-0.05, 0) is 27.8 Å². The van der Waals surface area contributed by atoms with Crippen molar-refractivity contribution in [1.82, 2.24) is 4.90 Å². The maximum absolute atomic E-state index is 12.7. The Labute approximate surface area is 164 Å². The first-order valence-corrected chi connectivity index (χ1v) is 9.27. The van der Waals surface area contributed by atoms with Crippen LogP contribution in [0.3, 0.4) is 0 Å². The van der Waals surface area contributed by atoms with E-state index in [-0.39, 0.29) is 6.04 Å². The molecule has 0 aromatic heterocycles. The first-order chi connectivity index (χ1) is 13.7. The molecule has 4 nitrogen and oxygen atoms in total. The van der Waals surface area contributed by atoms with E-state index in [0.29, 0.717) is 6.42 Å². The summed E-state index contributed by atoms with van der Waals surface area (Å²) < 4.78 is 5.06. The van der Waals surface area contributed by atoms with E-state index in [0.717, 1.165) is 34.2 Å². The highest BCUT2D eigenvalue weighted by Gasteiger charge is 2.38. The lowest BCUT2D eigenvalue weighted by atomic mass is 9.98. The van der Waals surface area contributed by atoms with Gasteiger partial charge >= 0.3 is 5.97 Å². The molecule has 0 saturated heterocycles. The number of benzene rings is 3. The molecule has 28 heavy (non-hydrogen) atoms. The summed E-state index contributed by atoms with van der Waals surface area (Å²) in [5.74, 6) is -0.419. The van der Waals surface area contributed by atoms with Crippen LogP contribution in [0.4, 0.5) is 0 Å². The molecule has 0 aliphatic heterocycles. The second-order valence-corrected chi connectivity index (χ2v) is 6.86. The molecule has 4 heteroatoms. The number of carbonyl (C=O) groups excluding carboxylic acids is 2. The summed E-state index contributed by atoms with van der Waals surface area (Å²) in [6.07, 6.45) is 1.17. The maximum Gasteiger partial charge on any atom is 0.328 e. The third-order valence-electron chi connectivity index (χ3n) is 5.33. The van der Waals surface area contributed by atoms with Gasteiger partial charge in [-0.3, -0.25) is 4.79 Å². The summed E-state index contributed by atoms with van der Waals surface area (Å²) in [5.41, 5.74) is 5.22. The zero-order chi connectivity index (χ0) is 19.5. The second kappa shape index (κ2) is 7.69. The lowest BCUT2D eigenvalue weighted by Crippen LogP contribution is -2.44. The number of nitrogens with zero attached hydrogens (tertiary/aromatic N) is 1. The smallest absolute Gasteiger partial charge is 0.328 e. The molecule has 1 aliphatic carbocycles. The lowest BCUT2D eigenvalue weighted by molar-refractivity contribution is -0.150. The molecular formula is C24H21NO3. The number of hydrogen-bond acceptors (Lipinski definition) is 3. The maximum atomic E-state index is 12.7. The summed E-state index contributed by atoms with van der Waals surface area (Å²) in [6.45, 7) is 0. The SMILES string of the molecule is COC(=O)[C@@H](Cc1ccccc1)N(C=O)C1c2ccccc2-c2ccccc21. The predicted molar refractivity (Wildman–Crippen MR) is 108 cm³/mol. The number of fused-ring (bicyclic) bond motifs is 3. The Morgan fingerprint density at radius 2 is 1.46 bits per heavy atom. The van der Waals surface area contributed by atoms with Crippen molar-refractivity contribution in [3.8, 4) is 11.1 Å². The van der Waals surface area contributed by atoms with Crippen molar-refractivity contribution in [2.24, 2.45) is 0 Å². The third kappa shape index (κ3) is 3.07. The van der Waals surface area contributed by atoms with Crippen LogP contribution < -0.4 is 0 Å². The van der Waals surface area contributed by atoms with Crippen LogP contribution >= 0.6 is 0 Å². The predicted octanol–water partition coefficient (Wildman–Crippen LogP) is 4.00. The monoisotopic (exact) mass is 371 g/mol. The largest absolute Gasteiger partial charge is 0.467 e. The number of amides is 1. The van der Waals surface area contributed by atoms with Crippen LogP contribution in [0, 0.1) is 0 Å². The number of ether oxygens (including phenoxy) is 1. The van der Waals surface area contributed by atoms with E-state index >= 15 is 0 Å². The van der Waals surface area contributed by atoms with Gasteiger partial charge in [-0.2, -0.15) is 0 Å². The van der Waals surface area contributed by atoms with Gasteiger partial charge in [0, 0.05) is 6.42 Å². The van der Waals surface area contributed by atoms with E-state index < -0.39 is 12.0 Å². The molecule has 0 radical (unpaired) electrons. The zero-order valence-electron chi connectivity index (χ0n) is 15.6. The fourth-order valence-corrected chi connectivity index (χ4v) is 4.05. The molecular weight excluding hydrogens is 350 g/mol. The van der Waals surface area contributed by atoms with E-state index in [2.05, 4.69) is 12.1 Å². The Kier molecular flexibility index (Phi) is 4.94. The summed E-state index contributed by atoms with van der Waals surface area (Å²) in [5, 5.41) is 0. The van der Waals surface area contributed by atoms with Crippen LogP contribution in [0.15, 0.2) is 78.9 Å². The van der Waals surface area contributed by atoms with E-state index in [1.807, 2.05) is 66.7 Å². The molecule has 140 valence electrons. The molecule has 3 aromatic carbocycles. The molecule has 0 saturated carbocycles. The van der Waals surface area contributed by atoms with E-state index in [9.17, 15) is 9.59 Å². The number of hydrogen-bond donors (Lipinski definition) is 0. The number of carbonyl (C=O) groups is 2. The van der Waals surface area contributed by atoms with Gasteiger partial charge in [-0.1, -0.05) is 78.9 Å². The van der Waals surface area contributed by atoms with Crippen molar-refractivity contribution in [3.05, 3.63) is 95.6 Å². The topological polar surface area (TPSA) is 46.6 Å². The average molecular weight is 371 g/mol. The fraction of sp³-hybridized carbons (Fsp3) is 0.167. The zero-order valence-corrected chi connectivity index (χ0v) is 15.6. The van der Waals surface area contributed by atoms with E-state index in [4.69, 9.17) is 4.74 Å². The highest BCUT2D eigenvalue weighted by molar-refractivity contribution is 5.83. The Morgan fingerprint density at radius 3 is 2.00 bits per heavy atom. The minimum atomic E-state index is -0.714. The van der Waals surface area contributed by atoms with Gasteiger partial charge in [0.2, 0.25) is 6.41 Å². The quantitative estimate of drug-likeness (QED) is 0.486. The van der Waals surface area contributed by atoms with E-state index in [1.54, 1.807) is 4.90 Å². The number of esters is 1. The third-order valence-corrected chi connectivity index (χ3v) is 5.33. The van der Waals surface area contributed by atoms with Crippen molar-refractivity contribution in [2.45, 2.75) is 18.5 Å². The Balaban J connectivity index is 1.80. The molecule has 1 aliphatic rings. The van der Waals surface area contributed by atoms with Gasteiger partial charge in [0.05, 0.1) is 13.2 Å². The van der Waals surface area contributed by atoms with Gasteiger partial charge < -0.3 is 9.64 Å². The molecule has 1 amide bonds. The van der Waals surface area contributed by atoms with E-state index in [1.165, 1.54) is 7.11 Å². The van der Waals surface area contributed by atoms with Crippen LogP contribution in [0.25, 0.3) is 11.1 Å². The van der Waals surface area contributed by atoms with Crippen molar-refractivity contribution in [2.75, 3.05) is 7.11 Å². The van der Waals surface area contributed by atoms with Crippen LogP contribution in [0.5, 0.6) is 0 Å². The van der Waals surface area contributed by atoms with Crippen molar-refractivity contribution >= 4 is 12.4 Å². The minimum Gasteiger partial charge on any atom is -0.467 e. The van der Waals surface area contributed by atoms with Crippen molar-refractivity contribution < 1.29 is 14.3 Å². The molecule has 0 N–H and O–H groups in total. The highest BCUT2D eigenvalue weighted by Crippen LogP contribution is 2.46. The molecule has 1 atom stereocenters. The average Bonchev–Trinajstić information content (AvgIpc) is 3.08. The molecule has 3 aromatic rings. The normalized spacial score (nSPS) is 13.3. The Morgan fingerprint density at radius 1 is 0.929 bits per heavy atom.